The molecule has 30 heavy (non-hydrogen) atoms. The van der Waals surface area contributed by atoms with Gasteiger partial charge in [-0.2, -0.15) is 4.72 Å². The lowest BCUT2D eigenvalue weighted by Crippen LogP contribution is -2.48. The van der Waals surface area contributed by atoms with Crippen molar-refractivity contribution < 1.29 is 13.2 Å². The Kier molecular flexibility index (Phi) is 7.03. The number of carbonyl (C=O) groups excluding carboxylic acids is 1. The molecule has 0 aromatic heterocycles. The van der Waals surface area contributed by atoms with Gasteiger partial charge in [-0.25, -0.2) is 8.42 Å². The molecule has 0 fully saturated rings. The topological polar surface area (TPSA) is 75.3 Å². The van der Waals surface area contributed by atoms with Gasteiger partial charge in [0.1, 0.15) is 6.04 Å². The molecule has 0 aliphatic rings. The van der Waals surface area contributed by atoms with E-state index in [1.807, 2.05) is 74.5 Å². The van der Waals surface area contributed by atoms with E-state index in [0.29, 0.717) is 0 Å². The van der Waals surface area contributed by atoms with E-state index >= 15 is 0 Å². The minimum atomic E-state index is -3.85. The summed E-state index contributed by atoms with van der Waals surface area (Å²) in [4.78, 5) is 13.2. The zero-order chi connectivity index (χ0) is 21.6. The summed E-state index contributed by atoms with van der Waals surface area (Å²) in [5.74, 6) is -0.370. The molecule has 0 heterocycles. The quantitative estimate of drug-likeness (QED) is 0.580. The van der Waals surface area contributed by atoms with Crippen molar-refractivity contribution in [1.82, 2.24) is 10.0 Å². The highest BCUT2D eigenvalue weighted by Gasteiger charge is 2.27. The van der Waals surface area contributed by atoms with Crippen molar-refractivity contribution in [3.05, 3.63) is 102 Å². The molecule has 1 amide bonds. The standard InChI is InChI=1S/C24H26N2O3S/c1-18-13-15-22(16-14-18)30(28,29)26-23(17-20-9-5-3-6-10-20)24(27)25-19(2)21-11-7-4-8-12-21/h3-16,19,23,26H,17H2,1-2H3,(H,25,27)/t19?,23-/m1/s1. The van der Waals surface area contributed by atoms with Crippen LogP contribution in [-0.2, 0) is 21.2 Å². The first kappa shape index (κ1) is 21.7. The summed E-state index contributed by atoms with van der Waals surface area (Å²) in [7, 11) is -3.85. The highest BCUT2D eigenvalue weighted by molar-refractivity contribution is 7.89. The lowest BCUT2D eigenvalue weighted by molar-refractivity contribution is -0.123. The molecular weight excluding hydrogens is 396 g/mol. The van der Waals surface area contributed by atoms with Crippen LogP contribution in [-0.4, -0.2) is 20.4 Å². The number of sulfonamides is 1. The summed E-state index contributed by atoms with van der Waals surface area (Å²) >= 11 is 0. The van der Waals surface area contributed by atoms with Crippen LogP contribution in [0, 0.1) is 6.92 Å². The molecule has 0 saturated carbocycles. The van der Waals surface area contributed by atoms with E-state index in [1.165, 1.54) is 0 Å². The highest BCUT2D eigenvalue weighted by atomic mass is 32.2. The van der Waals surface area contributed by atoms with E-state index in [2.05, 4.69) is 10.0 Å². The number of rotatable bonds is 8. The van der Waals surface area contributed by atoms with Crippen molar-refractivity contribution in [1.29, 1.82) is 0 Å². The van der Waals surface area contributed by atoms with Crippen molar-refractivity contribution >= 4 is 15.9 Å². The molecule has 2 atom stereocenters. The van der Waals surface area contributed by atoms with Gasteiger partial charge in [0, 0.05) is 0 Å². The molecule has 2 N–H and O–H groups in total. The van der Waals surface area contributed by atoms with Crippen LogP contribution in [0.1, 0.15) is 29.7 Å². The fourth-order valence-electron chi connectivity index (χ4n) is 3.15. The average Bonchev–Trinajstić information content (AvgIpc) is 2.74. The van der Waals surface area contributed by atoms with Crippen LogP contribution in [0.2, 0.25) is 0 Å². The largest absolute Gasteiger partial charge is 0.348 e. The Hall–Kier alpha value is -2.96. The second-order valence-corrected chi connectivity index (χ2v) is 9.03. The molecule has 1 unspecified atom stereocenters. The average molecular weight is 423 g/mol. The molecule has 3 rings (SSSR count). The summed E-state index contributed by atoms with van der Waals surface area (Å²) < 4.78 is 28.4. The minimum Gasteiger partial charge on any atom is -0.348 e. The van der Waals surface area contributed by atoms with Gasteiger partial charge in [-0.1, -0.05) is 78.4 Å². The lowest BCUT2D eigenvalue weighted by Gasteiger charge is -2.22. The first-order valence-electron chi connectivity index (χ1n) is 9.83. The number of benzene rings is 3. The Labute approximate surface area is 178 Å². The van der Waals surface area contributed by atoms with E-state index in [1.54, 1.807) is 24.3 Å². The molecule has 5 nitrogen and oxygen atoms in total. The number of nitrogens with one attached hydrogen (secondary N) is 2. The Balaban J connectivity index is 1.82. The third-order valence-corrected chi connectivity index (χ3v) is 6.37. The summed E-state index contributed by atoms with van der Waals surface area (Å²) in [5.41, 5.74) is 2.78. The van der Waals surface area contributed by atoms with Gasteiger partial charge < -0.3 is 5.32 Å². The maximum absolute atomic E-state index is 13.1. The van der Waals surface area contributed by atoms with Gasteiger partial charge in [-0.3, -0.25) is 4.79 Å². The predicted molar refractivity (Wildman–Crippen MR) is 118 cm³/mol. The molecule has 0 bridgehead atoms. The van der Waals surface area contributed by atoms with Crippen LogP contribution in [0.15, 0.2) is 89.8 Å². The first-order chi connectivity index (χ1) is 14.3. The Bertz CT molecular complexity index is 1070. The smallest absolute Gasteiger partial charge is 0.241 e. The molecule has 6 heteroatoms. The second-order valence-electron chi connectivity index (χ2n) is 7.32. The zero-order valence-electron chi connectivity index (χ0n) is 17.1. The van der Waals surface area contributed by atoms with Gasteiger partial charge in [-0.05, 0) is 43.5 Å². The number of amides is 1. The van der Waals surface area contributed by atoms with Crippen molar-refractivity contribution in [2.45, 2.75) is 37.2 Å². The van der Waals surface area contributed by atoms with Gasteiger partial charge in [-0.15, -0.1) is 0 Å². The Morgan fingerprint density at radius 1 is 0.867 bits per heavy atom. The fourth-order valence-corrected chi connectivity index (χ4v) is 4.34. The van der Waals surface area contributed by atoms with Crippen LogP contribution in [0.4, 0.5) is 0 Å². The van der Waals surface area contributed by atoms with Crippen LogP contribution < -0.4 is 10.0 Å². The zero-order valence-corrected chi connectivity index (χ0v) is 17.9. The van der Waals surface area contributed by atoms with Crippen LogP contribution in [0.5, 0.6) is 0 Å². The maximum Gasteiger partial charge on any atom is 0.241 e. The third-order valence-electron chi connectivity index (χ3n) is 4.89. The number of carbonyl (C=O) groups is 1. The number of aryl methyl sites for hydroxylation is 1. The molecule has 0 spiro atoms. The minimum absolute atomic E-state index is 0.134. The Morgan fingerprint density at radius 3 is 2.03 bits per heavy atom. The molecule has 0 aliphatic carbocycles. The van der Waals surface area contributed by atoms with E-state index in [-0.39, 0.29) is 23.3 Å². The van der Waals surface area contributed by atoms with E-state index in [4.69, 9.17) is 0 Å². The van der Waals surface area contributed by atoms with Crippen molar-refractivity contribution in [3.8, 4) is 0 Å². The van der Waals surface area contributed by atoms with E-state index in [0.717, 1.165) is 16.7 Å². The Morgan fingerprint density at radius 2 is 1.43 bits per heavy atom. The van der Waals surface area contributed by atoms with Crippen molar-refractivity contribution in [2.24, 2.45) is 0 Å². The molecule has 3 aromatic rings. The van der Waals surface area contributed by atoms with Crippen molar-refractivity contribution in [3.63, 3.8) is 0 Å². The summed E-state index contributed by atoms with van der Waals surface area (Å²) in [6.07, 6.45) is 0.249. The van der Waals surface area contributed by atoms with Crippen molar-refractivity contribution in [2.75, 3.05) is 0 Å². The third kappa shape index (κ3) is 5.78. The van der Waals surface area contributed by atoms with Gasteiger partial charge in [0.05, 0.1) is 10.9 Å². The van der Waals surface area contributed by atoms with Gasteiger partial charge in [0.2, 0.25) is 15.9 Å². The molecular formula is C24H26N2O3S. The van der Waals surface area contributed by atoms with E-state index < -0.39 is 16.1 Å². The second kappa shape index (κ2) is 9.69. The normalized spacial score (nSPS) is 13.4. The molecule has 0 radical (unpaired) electrons. The summed E-state index contributed by atoms with van der Waals surface area (Å²) in [6.45, 7) is 3.77. The monoisotopic (exact) mass is 422 g/mol. The van der Waals surface area contributed by atoms with Gasteiger partial charge >= 0.3 is 0 Å². The van der Waals surface area contributed by atoms with Crippen LogP contribution >= 0.6 is 0 Å². The molecule has 3 aromatic carbocycles. The maximum atomic E-state index is 13.1. The highest BCUT2D eigenvalue weighted by Crippen LogP contribution is 2.15. The molecule has 0 saturated heterocycles. The molecule has 0 aliphatic heterocycles. The van der Waals surface area contributed by atoms with Crippen LogP contribution in [0.3, 0.4) is 0 Å². The lowest BCUT2D eigenvalue weighted by atomic mass is 10.0. The van der Waals surface area contributed by atoms with Crippen LogP contribution in [0.25, 0.3) is 0 Å². The fraction of sp³-hybridized carbons (Fsp3) is 0.208. The first-order valence-corrected chi connectivity index (χ1v) is 11.3. The predicted octanol–water partition coefficient (Wildman–Crippen LogP) is 3.76. The van der Waals surface area contributed by atoms with Gasteiger partial charge in [0.15, 0.2) is 0 Å². The van der Waals surface area contributed by atoms with E-state index in [9.17, 15) is 13.2 Å². The molecule has 156 valence electrons. The number of hydrogen-bond acceptors (Lipinski definition) is 3. The van der Waals surface area contributed by atoms with Gasteiger partial charge in [0.25, 0.3) is 0 Å². The number of hydrogen-bond donors (Lipinski definition) is 2. The summed E-state index contributed by atoms with van der Waals surface area (Å²) in [5, 5.41) is 2.93. The SMILES string of the molecule is Cc1ccc(S(=O)(=O)N[C@H](Cc2ccccc2)C(=O)NC(C)c2ccccc2)cc1. The summed E-state index contributed by atoms with van der Waals surface area (Å²) in [6, 6.07) is 24.3.